The third-order valence-corrected chi connectivity index (χ3v) is 3.33. The summed E-state index contributed by atoms with van der Waals surface area (Å²) in [5.41, 5.74) is 0.210. The zero-order chi connectivity index (χ0) is 22.9. The molecule has 0 aliphatic carbocycles. The minimum atomic E-state index is -0.745. The maximum atomic E-state index is 12.2. The van der Waals surface area contributed by atoms with Crippen LogP contribution in [0.3, 0.4) is 0 Å². The predicted molar refractivity (Wildman–Crippen MR) is 113 cm³/mol. The number of rotatable bonds is 8. The van der Waals surface area contributed by atoms with Gasteiger partial charge in [-0.3, -0.25) is 9.59 Å². The van der Waals surface area contributed by atoms with Gasteiger partial charge < -0.3 is 20.1 Å². The fraction of sp³-hybridized carbons (Fsp3) is 0.273. The second-order valence-electron chi connectivity index (χ2n) is 5.25. The summed E-state index contributed by atoms with van der Waals surface area (Å²) in [6.07, 6.45) is 5.61. The summed E-state index contributed by atoms with van der Waals surface area (Å²) in [4.78, 5) is 47.2. The van der Waals surface area contributed by atoms with Gasteiger partial charge in [-0.2, -0.15) is 0 Å². The zero-order valence-corrected chi connectivity index (χ0v) is 17.9. The number of hydrogen-bond acceptors (Lipinski definition) is 6. The summed E-state index contributed by atoms with van der Waals surface area (Å²) in [5.74, 6) is -2.30. The first kappa shape index (κ1) is 26.3. The maximum Gasteiger partial charge on any atom is 0.354 e. The topological polar surface area (TPSA) is 111 Å². The molecule has 0 saturated carbocycles. The molecular formula is C22H28N2O6. The van der Waals surface area contributed by atoms with Gasteiger partial charge in [0.05, 0.1) is 14.2 Å². The van der Waals surface area contributed by atoms with E-state index in [2.05, 4.69) is 20.1 Å². The fourth-order valence-electron chi connectivity index (χ4n) is 1.87. The molecule has 0 radical (unpaired) electrons. The molecule has 0 atom stereocenters. The van der Waals surface area contributed by atoms with Crippen molar-refractivity contribution in [2.45, 2.75) is 27.2 Å². The van der Waals surface area contributed by atoms with E-state index < -0.39 is 17.8 Å². The minimum absolute atomic E-state index is 0.0630. The van der Waals surface area contributed by atoms with E-state index >= 15 is 0 Å². The molecule has 8 heteroatoms. The Labute approximate surface area is 176 Å². The van der Waals surface area contributed by atoms with Crippen LogP contribution in [0.15, 0.2) is 66.0 Å². The van der Waals surface area contributed by atoms with Crippen LogP contribution in [0.25, 0.3) is 0 Å². The van der Waals surface area contributed by atoms with Crippen molar-refractivity contribution >= 4 is 23.8 Å². The SMILES string of the molecule is CC.CCC(=O)N/C(=C/C=C/C=C(\NC(=O)c1ccccc1)C(=O)OC)C(=O)OC. The second-order valence-corrected chi connectivity index (χ2v) is 5.25. The molecule has 1 aromatic rings. The highest BCUT2D eigenvalue weighted by atomic mass is 16.5. The highest BCUT2D eigenvalue weighted by Crippen LogP contribution is 2.02. The lowest BCUT2D eigenvalue weighted by Gasteiger charge is -2.07. The molecule has 2 amide bonds. The first-order valence-electron chi connectivity index (χ1n) is 9.34. The van der Waals surface area contributed by atoms with Gasteiger partial charge in [-0.15, -0.1) is 0 Å². The van der Waals surface area contributed by atoms with Gasteiger partial charge in [0.25, 0.3) is 5.91 Å². The van der Waals surface area contributed by atoms with Gasteiger partial charge in [0.1, 0.15) is 11.4 Å². The number of carbonyl (C=O) groups is 4. The summed E-state index contributed by atoms with van der Waals surface area (Å²) < 4.78 is 9.24. The summed E-state index contributed by atoms with van der Waals surface area (Å²) in [6.45, 7) is 5.64. The Kier molecular flexibility index (Phi) is 13.4. The summed E-state index contributed by atoms with van der Waals surface area (Å²) in [7, 11) is 2.37. The molecule has 2 N–H and O–H groups in total. The number of esters is 2. The molecule has 1 aromatic carbocycles. The predicted octanol–water partition coefficient (Wildman–Crippen LogP) is 2.64. The first-order chi connectivity index (χ1) is 14.4. The van der Waals surface area contributed by atoms with E-state index in [0.717, 1.165) is 0 Å². The number of hydrogen-bond donors (Lipinski definition) is 2. The second kappa shape index (κ2) is 15.3. The Morgan fingerprint density at radius 1 is 0.833 bits per heavy atom. The number of nitrogens with one attached hydrogen (secondary N) is 2. The number of allylic oxidation sites excluding steroid dienone is 4. The van der Waals surface area contributed by atoms with Gasteiger partial charge >= 0.3 is 11.9 Å². The van der Waals surface area contributed by atoms with Crippen LogP contribution in [-0.2, 0) is 23.9 Å². The van der Waals surface area contributed by atoms with Crippen LogP contribution in [0.4, 0.5) is 0 Å². The zero-order valence-electron chi connectivity index (χ0n) is 17.9. The molecule has 0 aliphatic heterocycles. The van der Waals surface area contributed by atoms with Crippen molar-refractivity contribution in [3.05, 3.63) is 71.6 Å². The molecule has 0 heterocycles. The molecule has 0 bridgehead atoms. The lowest BCUT2D eigenvalue weighted by atomic mass is 10.2. The molecule has 0 unspecified atom stereocenters. The third kappa shape index (κ3) is 9.50. The maximum absolute atomic E-state index is 12.2. The van der Waals surface area contributed by atoms with Gasteiger partial charge in [0, 0.05) is 12.0 Å². The lowest BCUT2D eigenvalue weighted by molar-refractivity contribution is -0.138. The summed E-state index contributed by atoms with van der Waals surface area (Å²) in [6, 6.07) is 8.35. The van der Waals surface area contributed by atoms with Gasteiger partial charge in [-0.05, 0) is 24.3 Å². The Balaban J connectivity index is 0.00000407. The van der Waals surface area contributed by atoms with E-state index in [1.54, 1.807) is 37.3 Å². The largest absolute Gasteiger partial charge is 0.464 e. The molecule has 0 fully saturated rings. The molecule has 0 aromatic heterocycles. The summed E-state index contributed by atoms with van der Waals surface area (Å²) >= 11 is 0. The van der Waals surface area contributed by atoms with E-state index in [9.17, 15) is 19.2 Å². The van der Waals surface area contributed by atoms with Gasteiger partial charge in [-0.25, -0.2) is 9.59 Å². The highest BCUT2D eigenvalue weighted by molar-refractivity contribution is 6.01. The van der Waals surface area contributed by atoms with Crippen molar-refractivity contribution in [1.82, 2.24) is 10.6 Å². The fourth-order valence-corrected chi connectivity index (χ4v) is 1.87. The van der Waals surface area contributed by atoms with Gasteiger partial charge in [-0.1, -0.05) is 51.1 Å². The van der Waals surface area contributed by atoms with Crippen molar-refractivity contribution in [3.63, 3.8) is 0 Å². The number of carbonyl (C=O) groups excluding carboxylic acids is 4. The van der Waals surface area contributed by atoms with Crippen LogP contribution >= 0.6 is 0 Å². The summed E-state index contributed by atoms with van der Waals surface area (Å²) in [5, 5.41) is 4.87. The van der Waals surface area contributed by atoms with E-state index in [4.69, 9.17) is 0 Å². The molecule has 0 saturated heterocycles. The Morgan fingerprint density at radius 3 is 1.73 bits per heavy atom. The Morgan fingerprint density at radius 2 is 1.30 bits per heavy atom. The highest BCUT2D eigenvalue weighted by Gasteiger charge is 2.14. The monoisotopic (exact) mass is 416 g/mol. The van der Waals surface area contributed by atoms with Crippen LogP contribution in [0.5, 0.6) is 0 Å². The van der Waals surface area contributed by atoms with Crippen molar-refractivity contribution in [2.75, 3.05) is 14.2 Å². The average molecular weight is 416 g/mol. The van der Waals surface area contributed by atoms with Crippen molar-refractivity contribution in [2.24, 2.45) is 0 Å². The number of ether oxygens (including phenoxy) is 2. The third-order valence-electron chi connectivity index (χ3n) is 3.33. The van der Waals surface area contributed by atoms with Crippen molar-refractivity contribution in [1.29, 1.82) is 0 Å². The number of benzene rings is 1. The van der Waals surface area contributed by atoms with E-state index in [1.807, 2.05) is 13.8 Å². The molecule has 30 heavy (non-hydrogen) atoms. The first-order valence-corrected chi connectivity index (χ1v) is 9.34. The Bertz CT molecular complexity index is 810. The van der Waals surface area contributed by atoms with Crippen LogP contribution in [-0.4, -0.2) is 38.0 Å². The van der Waals surface area contributed by atoms with Crippen molar-refractivity contribution in [3.8, 4) is 0 Å². The smallest absolute Gasteiger partial charge is 0.354 e. The molecule has 162 valence electrons. The van der Waals surface area contributed by atoms with Crippen LogP contribution in [0, 0.1) is 0 Å². The van der Waals surface area contributed by atoms with Gasteiger partial charge in [0.2, 0.25) is 5.91 Å². The van der Waals surface area contributed by atoms with Gasteiger partial charge in [0.15, 0.2) is 0 Å². The quantitative estimate of drug-likeness (QED) is 0.383. The van der Waals surface area contributed by atoms with Crippen LogP contribution < -0.4 is 10.6 Å². The molecule has 8 nitrogen and oxygen atoms in total. The number of methoxy groups -OCH3 is 2. The standard InChI is InChI=1S/C20H22N2O6.C2H6/c1-4-17(23)21-15(19(25)27-2)12-8-9-13-16(20(26)28-3)22-18(24)14-10-6-5-7-11-14;1-2/h5-13H,4H2,1-3H3,(H,21,23)(H,22,24);1-2H3/b9-8+,15-12+,16-13-;. The molecule has 0 aliphatic rings. The van der Waals surface area contributed by atoms with Crippen LogP contribution in [0.2, 0.25) is 0 Å². The normalized spacial score (nSPS) is 11.1. The molecule has 0 spiro atoms. The lowest BCUT2D eigenvalue weighted by Crippen LogP contribution is -2.28. The van der Waals surface area contributed by atoms with Crippen LogP contribution in [0.1, 0.15) is 37.6 Å². The molecular weight excluding hydrogens is 388 g/mol. The van der Waals surface area contributed by atoms with E-state index in [0.29, 0.717) is 5.56 Å². The van der Waals surface area contributed by atoms with E-state index in [1.165, 1.54) is 38.5 Å². The minimum Gasteiger partial charge on any atom is -0.464 e. The van der Waals surface area contributed by atoms with Crippen molar-refractivity contribution < 1.29 is 28.7 Å². The molecule has 1 rings (SSSR count). The Hall–Kier alpha value is -3.68. The number of amides is 2. The average Bonchev–Trinajstić information content (AvgIpc) is 2.80. The van der Waals surface area contributed by atoms with E-state index in [-0.39, 0.29) is 23.7 Å².